The van der Waals surface area contributed by atoms with Crippen LogP contribution in [0.5, 0.6) is 5.75 Å². The second-order valence-corrected chi connectivity index (χ2v) is 7.91. The third kappa shape index (κ3) is 6.51. The van der Waals surface area contributed by atoms with E-state index in [1.165, 1.54) is 0 Å². The normalized spacial score (nSPS) is 17.6. The molecule has 1 unspecified atom stereocenters. The fourth-order valence-electron chi connectivity index (χ4n) is 2.58. The molecule has 1 heterocycles. The van der Waals surface area contributed by atoms with E-state index in [-0.39, 0.29) is 5.60 Å². The lowest BCUT2D eigenvalue weighted by atomic mass is 10.0. The summed E-state index contributed by atoms with van der Waals surface area (Å²) in [5, 5.41) is 3.37. The molecule has 1 aromatic carbocycles. The van der Waals surface area contributed by atoms with E-state index in [1.807, 2.05) is 31.2 Å². The molecule has 1 aromatic rings. The number of piperazine rings is 1. The zero-order valence-electron chi connectivity index (χ0n) is 15.0. The Morgan fingerprint density at radius 3 is 2.50 bits per heavy atom. The molecule has 1 N–H and O–H groups in total. The maximum absolute atomic E-state index is 11.9. The third-order valence-corrected chi connectivity index (χ3v) is 5.08. The second-order valence-electron chi connectivity index (χ2n) is 6.73. The zero-order chi connectivity index (χ0) is 17.4. The van der Waals surface area contributed by atoms with Crippen molar-refractivity contribution >= 4 is 11.1 Å². The molecule has 24 heavy (non-hydrogen) atoms. The largest absolute Gasteiger partial charge is 0.488 e. The Balaban J connectivity index is 1.83. The molecular formula is C18H30N2O3S. The van der Waals surface area contributed by atoms with E-state index in [0.717, 1.165) is 51.3 Å². The molecule has 0 spiro atoms. The van der Waals surface area contributed by atoms with E-state index >= 15 is 0 Å². The van der Waals surface area contributed by atoms with Crippen LogP contribution in [0.25, 0.3) is 0 Å². The van der Waals surface area contributed by atoms with Crippen LogP contribution in [-0.4, -0.2) is 54.0 Å². The summed E-state index contributed by atoms with van der Waals surface area (Å²) in [6.07, 6.45) is 1.83. The Bertz CT molecular complexity index is 514. The summed E-state index contributed by atoms with van der Waals surface area (Å²) >= 11 is -1.39. The molecule has 6 heteroatoms. The van der Waals surface area contributed by atoms with Crippen LogP contribution in [0.1, 0.15) is 33.6 Å². The summed E-state index contributed by atoms with van der Waals surface area (Å²) < 4.78 is 23.3. The molecule has 1 atom stereocenters. The van der Waals surface area contributed by atoms with Crippen LogP contribution in [0, 0.1) is 0 Å². The first kappa shape index (κ1) is 19.4. The number of ether oxygens (including phenoxy) is 1. The van der Waals surface area contributed by atoms with Crippen molar-refractivity contribution in [2.75, 3.05) is 39.3 Å². The van der Waals surface area contributed by atoms with Gasteiger partial charge in [0.05, 0.1) is 11.5 Å². The van der Waals surface area contributed by atoms with Gasteiger partial charge in [0.1, 0.15) is 11.4 Å². The van der Waals surface area contributed by atoms with Crippen LogP contribution in [0.15, 0.2) is 29.2 Å². The number of benzene rings is 1. The molecular weight excluding hydrogens is 324 g/mol. The van der Waals surface area contributed by atoms with Gasteiger partial charge < -0.3 is 15.0 Å². The maximum atomic E-state index is 11.9. The van der Waals surface area contributed by atoms with Crippen molar-refractivity contribution < 1.29 is 13.1 Å². The summed E-state index contributed by atoms with van der Waals surface area (Å²) in [6, 6.07) is 7.37. The van der Waals surface area contributed by atoms with Crippen molar-refractivity contribution in [2.24, 2.45) is 0 Å². The van der Waals surface area contributed by atoms with Gasteiger partial charge in [-0.15, -0.1) is 0 Å². The molecule has 0 bridgehead atoms. The highest BCUT2D eigenvalue weighted by Crippen LogP contribution is 2.23. The predicted molar refractivity (Wildman–Crippen MR) is 97.7 cm³/mol. The van der Waals surface area contributed by atoms with Crippen molar-refractivity contribution in [3.8, 4) is 5.75 Å². The smallest absolute Gasteiger partial charge is 0.189 e. The van der Waals surface area contributed by atoms with Crippen LogP contribution in [0.3, 0.4) is 0 Å². The van der Waals surface area contributed by atoms with Gasteiger partial charge in [0.25, 0.3) is 0 Å². The summed E-state index contributed by atoms with van der Waals surface area (Å²) in [7, 11) is 0. The molecule has 1 aliphatic rings. The summed E-state index contributed by atoms with van der Waals surface area (Å²) in [6.45, 7) is 12.1. The highest BCUT2D eigenvalue weighted by molar-refractivity contribution is 7.80. The topological polar surface area (TPSA) is 50.8 Å². The van der Waals surface area contributed by atoms with Crippen LogP contribution in [0.4, 0.5) is 0 Å². The Morgan fingerprint density at radius 2 is 1.88 bits per heavy atom. The van der Waals surface area contributed by atoms with Gasteiger partial charge in [-0.25, -0.2) is 4.21 Å². The van der Waals surface area contributed by atoms with Crippen molar-refractivity contribution in [1.29, 1.82) is 0 Å². The molecule has 0 aliphatic carbocycles. The second kappa shape index (κ2) is 9.51. The average molecular weight is 355 g/mol. The van der Waals surface area contributed by atoms with Gasteiger partial charge in [0.15, 0.2) is 11.1 Å². The fraction of sp³-hybridized carbons (Fsp3) is 0.667. The molecule has 0 amide bonds. The lowest BCUT2D eigenvalue weighted by molar-refractivity contribution is 0.0808. The van der Waals surface area contributed by atoms with Gasteiger partial charge >= 0.3 is 0 Å². The number of hydrogen-bond donors (Lipinski definition) is 1. The van der Waals surface area contributed by atoms with Crippen LogP contribution in [-0.2, 0) is 15.3 Å². The van der Waals surface area contributed by atoms with Crippen LogP contribution in [0.2, 0.25) is 0 Å². The van der Waals surface area contributed by atoms with Crippen LogP contribution >= 0.6 is 0 Å². The van der Waals surface area contributed by atoms with Crippen molar-refractivity contribution in [3.05, 3.63) is 24.3 Å². The molecule has 0 radical (unpaired) electrons. The van der Waals surface area contributed by atoms with Gasteiger partial charge in [0.2, 0.25) is 0 Å². The summed E-state index contributed by atoms with van der Waals surface area (Å²) in [4.78, 5) is 3.15. The molecule has 136 valence electrons. The number of rotatable bonds is 9. The minimum atomic E-state index is -1.39. The van der Waals surface area contributed by atoms with E-state index in [4.69, 9.17) is 8.92 Å². The zero-order valence-corrected chi connectivity index (χ0v) is 15.9. The van der Waals surface area contributed by atoms with E-state index in [1.54, 1.807) is 0 Å². The number of nitrogens with one attached hydrogen (secondary N) is 1. The average Bonchev–Trinajstić information content (AvgIpc) is 2.59. The van der Waals surface area contributed by atoms with Crippen LogP contribution < -0.4 is 10.1 Å². The number of nitrogens with zero attached hydrogens (tertiary/aromatic N) is 1. The molecule has 1 saturated heterocycles. The van der Waals surface area contributed by atoms with E-state index in [2.05, 4.69) is 24.1 Å². The molecule has 1 fully saturated rings. The van der Waals surface area contributed by atoms with Gasteiger partial charge in [-0.05, 0) is 51.0 Å². The van der Waals surface area contributed by atoms with Gasteiger partial charge in [-0.3, -0.25) is 4.18 Å². The highest BCUT2D eigenvalue weighted by atomic mass is 32.2. The lowest BCUT2D eigenvalue weighted by Crippen LogP contribution is -2.45. The maximum Gasteiger partial charge on any atom is 0.189 e. The first-order chi connectivity index (χ1) is 11.5. The third-order valence-electron chi connectivity index (χ3n) is 4.04. The molecule has 0 saturated carbocycles. The minimum Gasteiger partial charge on any atom is -0.488 e. The summed E-state index contributed by atoms with van der Waals surface area (Å²) in [5.41, 5.74) is -0.232. The first-order valence-corrected chi connectivity index (χ1v) is 9.85. The van der Waals surface area contributed by atoms with E-state index in [0.29, 0.717) is 11.5 Å². The Hall–Kier alpha value is -0.950. The molecule has 5 nitrogen and oxygen atoms in total. The molecule has 0 aromatic heterocycles. The van der Waals surface area contributed by atoms with E-state index in [9.17, 15) is 4.21 Å². The predicted octanol–water partition coefficient (Wildman–Crippen LogP) is 2.59. The lowest BCUT2D eigenvalue weighted by Gasteiger charge is -2.32. The quantitative estimate of drug-likeness (QED) is 0.739. The minimum absolute atomic E-state index is 0.232. The first-order valence-electron chi connectivity index (χ1n) is 8.77. The molecule has 1 aliphatic heterocycles. The monoisotopic (exact) mass is 354 g/mol. The highest BCUT2D eigenvalue weighted by Gasteiger charge is 2.22. The molecule has 2 rings (SSSR count). The van der Waals surface area contributed by atoms with Crippen molar-refractivity contribution in [2.45, 2.75) is 44.1 Å². The van der Waals surface area contributed by atoms with Gasteiger partial charge in [-0.2, -0.15) is 0 Å². The Labute approximate surface area is 148 Å². The Morgan fingerprint density at radius 1 is 1.21 bits per heavy atom. The van der Waals surface area contributed by atoms with Crippen molar-refractivity contribution in [3.63, 3.8) is 0 Å². The standard InChI is InChI=1S/C18H30N2O3S/c1-4-15-22-24(21)17-7-5-16(6-8-17)23-18(2,3)9-12-20-13-10-19-11-14-20/h5-8,19H,4,9-15H2,1-3H3. The van der Waals surface area contributed by atoms with Crippen molar-refractivity contribution in [1.82, 2.24) is 10.2 Å². The Kier molecular flexibility index (Phi) is 7.68. The fourth-order valence-corrected chi connectivity index (χ4v) is 3.39. The van der Waals surface area contributed by atoms with E-state index < -0.39 is 11.1 Å². The number of hydrogen-bond acceptors (Lipinski definition) is 5. The SMILES string of the molecule is CCCOS(=O)c1ccc(OC(C)(C)CCN2CCNCC2)cc1. The van der Waals surface area contributed by atoms with Gasteiger partial charge in [0, 0.05) is 32.7 Å². The van der Waals surface area contributed by atoms with Gasteiger partial charge in [-0.1, -0.05) is 6.92 Å². The summed E-state index contributed by atoms with van der Waals surface area (Å²) in [5.74, 6) is 0.802.